The van der Waals surface area contributed by atoms with Crippen molar-refractivity contribution in [3.63, 3.8) is 0 Å². The van der Waals surface area contributed by atoms with Gasteiger partial charge in [0.2, 0.25) is 0 Å². The van der Waals surface area contributed by atoms with E-state index in [1.54, 1.807) is 19.6 Å². The largest absolute Gasteiger partial charge is 0.463 e. The normalized spacial score (nSPS) is 10.2. The number of carbonyl (C=O) groups excluding carboxylic acids is 1. The zero-order valence-corrected chi connectivity index (χ0v) is 11.3. The summed E-state index contributed by atoms with van der Waals surface area (Å²) in [5.41, 5.74) is 1.70. The number of pyridine rings is 1. The molecular formula is C14H17N3O3. The van der Waals surface area contributed by atoms with E-state index >= 15 is 0 Å². The zero-order chi connectivity index (χ0) is 14.2. The van der Waals surface area contributed by atoms with Crippen molar-refractivity contribution in [2.24, 2.45) is 0 Å². The fraction of sp³-hybridized carbons (Fsp3) is 0.286. The number of urea groups is 1. The predicted octanol–water partition coefficient (Wildman–Crippen LogP) is 1.79. The molecule has 2 rings (SSSR count). The van der Waals surface area contributed by atoms with Crippen LogP contribution in [-0.2, 0) is 11.3 Å². The fourth-order valence-corrected chi connectivity index (χ4v) is 1.65. The Balaban J connectivity index is 1.87. The van der Waals surface area contributed by atoms with Gasteiger partial charge in [-0.1, -0.05) is 0 Å². The molecule has 2 aromatic rings. The third kappa shape index (κ3) is 4.10. The highest BCUT2D eigenvalue weighted by Gasteiger charge is 2.04. The molecule has 0 unspecified atom stereocenters. The number of carbonyl (C=O) groups is 1. The quantitative estimate of drug-likeness (QED) is 0.788. The van der Waals surface area contributed by atoms with Crippen molar-refractivity contribution in [3.05, 3.63) is 42.3 Å². The molecule has 0 spiro atoms. The minimum Gasteiger partial charge on any atom is -0.463 e. The maximum Gasteiger partial charge on any atom is 0.315 e. The van der Waals surface area contributed by atoms with Gasteiger partial charge in [-0.05, 0) is 29.8 Å². The Morgan fingerprint density at radius 2 is 2.30 bits per heavy atom. The van der Waals surface area contributed by atoms with Crippen molar-refractivity contribution < 1.29 is 13.9 Å². The van der Waals surface area contributed by atoms with E-state index in [-0.39, 0.29) is 6.03 Å². The number of furan rings is 1. The Morgan fingerprint density at radius 1 is 1.40 bits per heavy atom. The SMILES string of the molecule is COCCNC(=O)NCc1ccnc(-c2ccco2)c1. The van der Waals surface area contributed by atoms with Gasteiger partial charge in [-0.15, -0.1) is 0 Å². The van der Waals surface area contributed by atoms with E-state index in [9.17, 15) is 4.79 Å². The van der Waals surface area contributed by atoms with Crippen molar-refractivity contribution in [1.29, 1.82) is 0 Å². The van der Waals surface area contributed by atoms with Gasteiger partial charge in [0.1, 0.15) is 5.69 Å². The van der Waals surface area contributed by atoms with Crippen LogP contribution in [0.4, 0.5) is 4.79 Å². The molecule has 2 aromatic heterocycles. The molecule has 0 fully saturated rings. The molecule has 106 valence electrons. The van der Waals surface area contributed by atoms with Crippen LogP contribution in [0.5, 0.6) is 0 Å². The van der Waals surface area contributed by atoms with E-state index in [2.05, 4.69) is 15.6 Å². The molecule has 2 N–H and O–H groups in total. The minimum atomic E-state index is -0.224. The van der Waals surface area contributed by atoms with Crippen LogP contribution in [0.3, 0.4) is 0 Å². The maximum atomic E-state index is 11.5. The third-order valence-corrected chi connectivity index (χ3v) is 2.64. The molecule has 0 aliphatic heterocycles. The summed E-state index contributed by atoms with van der Waals surface area (Å²) in [7, 11) is 1.59. The fourth-order valence-electron chi connectivity index (χ4n) is 1.65. The number of amides is 2. The van der Waals surface area contributed by atoms with Gasteiger partial charge in [-0.3, -0.25) is 4.98 Å². The number of hydrogen-bond acceptors (Lipinski definition) is 4. The molecule has 0 bridgehead atoms. The second-order valence-electron chi connectivity index (χ2n) is 4.13. The Hall–Kier alpha value is -2.34. The lowest BCUT2D eigenvalue weighted by Crippen LogP contribution is -2.36. The van der Waals surface area contributed by atoms with Crippen LogP contribution < -0.4 is 10.6 Å². The van der Waals surface area contributed by atoms with Crippen LogP contribution in [0.25, 0.3) is 11.5 Å². The lowest BCUT2D eigenvalue weighted by molar-refractivity contribution is 0.196. The zero-order valence-electron chi connectivity index (χ0n) is 11.3. The van der Waals surface area contributed by atoms with Gasteiger partial charge in [0.05, 0.1) is 12.9 Å². The summed E-state index contributed by atoms with van der Waals surface area (Å²) in [6, 6.07) is 7.16. The first-order chi connectivity index (χ1) is 9.79. The first kappa shape index (κ1) is 14.1. The molecule has 2 amide bonds. The van der Waals surface area contributed by atoms with Crippen LogP contribution in [0, 0.1) is 0 Å². The molecular weight excluding hydrogens is 258 g/mol. The van der Waals surface area contributed by atoms with Gasteiger partial charge in [0.15, 0.2) is 5.76 Å². The predicted molar refractivity (Wildman–Crippen MR) is 74.1 cm³/mol. The number of aromatic nitrogens is 1. The van der Waals surface area contributed by atoms with Crippen LogP contribution in [0.15, 0.2) is 41.1 Å². The van der Waals surface area contributed by atoms with E-state index in [1.165, 1.54) is 0 Å². The van der Waals surface area contributed by atoms with Gasteiger partial charge in [0.25, 0.3) is 0 Å². The molecule has 0 atom stereocenters. The lowest BCUT2D eigenvalue weighted by atomic mass is 10.2. The smallest absolute Gasteiger partial charge is 0.315 e. The second-order valence-corrected chi connectivity index (χ2v) is 4.13. The van der Waals surface area contributed by atoms with E-state index in [0.29, 0.717) is 25.5 Å². The van der Waals surface area contributed by atoms with Gasteiger partial charge >= 0.3 is 6.03 Å². The van der Waals surface area contributed by atoms with Crippen molar-refractivity contribution in [1.82, 2.24) is 15.6 Å². The van der Waals surface area contributed by atoms with Crippen LogP contribution in [0.1, 0.15) is 5.56 Å². The number of methoxy groups -OCH3 is 1. The molecule has 0 aliphatic rings. The minimum absolute atomic E-state index is 0.224. The topological polar surface area (TPSA) is 76.4 Å². The molecule has 0 aliphatic carbocycles. The summed E-state index contributed by atoms with van der Waals surface area (Å²) >= 11 is 0. The lowest BCUT2D eigenvalue weighted by Gasteiger charge is -2.07. The molecule has 6 heteroatoms. The standard InChI is InChI=1S/C14H17N3O3/c1-19-8-6-16-14(18)17-10-11-4-5-15-12(9-11)13-3-2-7-20-13/h2-5,7,9H,6,8,10H2,1H3,(H2,16,17,18). The summed E-state index contributed by atoms with van der Waals surface area (Å²) in [5.74, 6) is 0.705. The molecule has 6 nitrogen and oxygen atoms in total. The van der Waals surface area contributed by atoms with Crippen LogP contribution >= 0.6 is 0 Å². The van der Waals surface area contributed by atoms with Crippen LogP contribution in [0.2, 0.25) is 0 Å². The van der Waals surface area contributed by atoms with Crippen molar-refractivity contribution >= 4 is 6.03 Å². The number of nitrogens with zero attached hydrogens (tertiary/aromatic N) is 1. The number of ether oxygens (including phenoxy) is 1. The Bertz CT molecular complexity index is 540. The summed E-state index contributed by atoms with van der Waals surface area (Å²) < 4.78 is 10.1. The highest BCUT2D eigenvalue weighted by Crippen LogP contribution is 2.17. The summed E-state index contributed by atoms with van der Waals surface area (Å²) in [6.07, 6.45) is 3.29. The maximum absolute atomic E-state index is 11.5. The monoisotopic (exact) mass is 275 g/mol. The average molecular weight is 275 g/mol. The van der Waals surface area contributed by atoms with Crippen molar-refractivity contribution in [3.8, 4) is 11.5 Å². The highest BCUT2D eigenvalue weighted by molar-refractivity contribution is 5.73. The first-order valence-corrected chi connectivity index (χ1v) is 6.29. The summed E-state index contributed by atoms with van der Waals surface area (Å²) in [4.78, 5) is 15.7. The van der Waals surface area contributed by atoms with Crippen molar-refractivity contribution in [2.75, 3.05) is 20.3 Å². The Kier molecular flexibility index (Phi) is 5.14. The third-order valence-electron chi connectivity index (χ3n) is 2.64. The molecule has 0 saturated carbocycles. The van der Waals surface area contributed by atoms with Gasteiger partial charge < -0.3 is 19.8 Å². The second kappa shape index (κ2) is 7.30. The molecule has 2 heterocycles. The molecule has 0 radical (unpaired) electrons. The molecule has 0 saturated heterocycles. The Morgan fingerprint density at radius 3 is 3.05 bits per heavy atom. The van der Waals surface area contributed by atoms with Gasteiger partial charge in [-0.25, -0.2) is 4.79 Å². The molecule has 0 aromatic carbocycles. The van der Waals surface area contributed by atoms with Crippen LogP contribution in [-0.4, -0.2) is 31.3 Å². The first-order valence-electron chi connectivity index (χ1n) is 6.29. The number of rotatable bonds is 6. The summed E-state index contributed by atoms with van der Waals surface area (Å²) in [6.45, 7) is 1.40. The van der Waals surface area contributed by atoms with Gasteiger partial charge in [-0.2, -0.15) is 0 Å². The van der Waals surface area contributed by atoms with E-state index in [0.717, 1.165) is 11.3 Å². The van der Waals surface area contributed by atoms with Gasteiger partial charge in [0, 0.05) is 26.4 Å². The Labute approximate surface area is 117 Å². The number of nitrogens with one attached hydrogen (secondary N) is 2. The average Bonchev–Trinajstić information content (AvgIpc) is 3.00. The summed E-state index contributed by atoms with van der Waals surface area (Å²) in [5, 5.41) is 5.45. The molecule has 20 heavy (non-hydrogen) atoms. The van der Waals surface area contributed by atoms with E-state index in [4.69, 9.17) is 9.15 Å². The number of hydrogen-bond donors (Lipinski definition) is 2. The van der Waals surface area contributed by atoms with Crippen molar-refractivity contribution in [2.45, 2.75) is 6.54 Å². The van der Waals surface area contributed by atoms with E-state index < -0.39 is 0 Å². The van der Waals surface area contributed by atoms with E-state index in [1.807, 2.05) is 24.3 Å². The highest BCUT2D eigenvalue weighted by atomic mass is 16.5.